The second-order valence-corrected chi connectivity index (χ2v) is 4.65. The molecule has 0 aromatic heterocycles. The van der Waals surface area contributed by atoms with Crippen molar-refractivity contribution >= 4 is 5.91 Å². The molecule has 2 unspecified atom stereocenters. The van der Waals surface area contributed by atoms with Gasteiger partial charge in [0, 0.05) is 11.6 Å². The largest absolute Gasteiger partial charge is 0.350 e. The van der Waals surface area contributed by atoms with Crippen LogP contribution in [0, 0.1) is 0 Å². The van der Waals surface area contributed by atoms with Crippen LogP contribution in [-0.4, -0.2) is 23.5 Å². The van der Waals surface area contributed by atoms with Gasteiger partial charge in [-0.2, -0.15) is 0 Å². The molecule has 0 bridgehead atoms. The summed E-state index contributed by atoms with van der Waals surface area (Å²) in [6, 6.07) is -0.0436. The van der Waals surface area contributed by atoms with Crippen LogP contribution in [0.4, 0.5) is 0 Å². The lowest BCUT2D eigenvalue weighted by Gasteiger charge is -2.24. The van der Waals surface area contributed by atoms with E-state index < -0.39 is 0 Å². The fraction of sp³-hybridized carbons (Fsp3) is 0.727. The van der Waals surface area contributed by atoms with Gasteiger partial charge < -0.3 is 10.6 Å². The van der Waals surface area contributed by atoms with Crippen molar-refractivity contribution in [3.8, 4) is 0 Å². The average Bonchev–Trinajstić information content (AvgIpc) is 2.00. The molecule has 0 saturated carbocycles. The molecular formula is C11H22N2O. The number of hydrogen-bond donors (Lipinski definition) is 2. The Morgan fingerprint density at radius 1 is 1.36 bits per heavy atom. The van der Waals surface area contributed by atoms with Crippen LogP contribution in [0.25, 0.3) is 0 Å². The van der Waals surface area contributed by atoms with Crippen LogP contribution in [0.1, 0.15) is 34.6 Å². The van der Waals surface area contributed by atoms with Gasteiger partial charge in [-0.05, 0) is 34.6 Å². The van der Waals surface area contributed by atoms with Gasteiger partial charge in [0.2, 0.25) is 5.91 Å². The molecule has 3 heteroatoms. The second-order valence-electron chi connectivity index (χ2n) is 4.65. The van der Waals surface area contributed by atoms with E-state index in [1.54, 1.807) is 6.08 Å². The Morgan fingerprint density at radius 3 is 2.21 bits per heavy atom. The van der Waals surface area contributed by atoms with Crippen LogP contribution in [0.3, 0.4) is 0 Å². The summed E-state index contributed by atoms with van der Waals surface area (Å²) in [4.78, 5) is 11.6. The molecule has 0 saturated heterocycles. The quantitative estimate of drug-likeness (QED) is 0.671. The standard InChI is InChI=1S/C11H22N2O/c1-7-8(2)12-9(3)10(14)13-11(4,5)6/h7-9,12H,1H2,2-6H3,(H,13,14). The molecule has 1 amide bonds. The molecule has 0 aliphatic heterocycles. The molecule has 0 aliphatic carbocycles. The summed E-state index contributed by atoms with van der Waals surface area (Å²) in [5.74, 6) is 0.0196. The number of hydrogen-bond acceptors (Lipinski definition) is 2. The summed E-state index contributed by atoms with van der Waals surface area (Å²) >= 11 is 0. The van der Waals surface area contributed by atoms with Gasteiger partial charge in [0.1, 0.15) is 0 Å². The number of carbonyl (C=O) groups is 1. The van der Waals surface area contributed by atoms with Crippen LogP contribution >= 0.6 is 0 Å². The molecule has 82 valence electrons. The van der Waals surface area contributed by atoms with Gasteiger partial charge in [-0.15, -0.1) is 6.58 Å². The Hall–Kier alpha value is -0.830. The van der Waals surface area contributed by atoms with Crippen molar-refractivity contribution in [2.45, 2.75) is 52.2 Å². The third kappa shape index (κ3) is 5.75. The molecule has 2 atom stereocenters. The highest BCUT2D eigenvalue weighted by Gasteiger charge is 2.19. The normalized spacial score (nSPS) is 15.8. The van der Waals surface area contributed by atoms with Gasteiger partial charge in [0.15, 0.2) is 0 Å². The molecular weight excluding hydrogens is 176 g/mol. The van der Waals surface area contributed by atoms with E-state index in [0.29, 0.717) is 0 Å². The smallest absolute Gasteiger partial charge is 0.237 e. The van der Waals surface area contributed by atoms with E-state index in [9.17, 15) is 4.79 Å². The number of carbonyl (C=O) groups excluding carboxylic acids is 1. The van der Waals surface area contributed by atoms with Crippen LogP contribution in [0.2, 0.25) is 0 Å². The van der Waals surface area contributed by atoms with Gasteiger partial charge in [-0.25, -0.2) is 0 Å². The summed E-state index contributed by atoms with van der Waals surface area (Å²) in [6.07, 6.45) is 1.78. The third-order valence-corrected chi connectivity index (χ3v) is 1.76. The van der Waals surface area contributed by atoms with Gasteiger partial charge in [0.05, 0.1) is 6.04 Å². The van der Waals surface area contributed by atoms with Crippen molar-refractivity contribution < 1.29 is 4.79 Å². The Labute approximate surface area is 87.0 Å². The lowest BCUT2D eigenvalue weighted by atomic mass is 10.1. The molecule has 0 fully saturated rings. The van der Waals surface area contributed by atoms with Crippen LogP contribution in [0.15, 0.2) is 12.7 Å². The lowest BCUT2D eigenvalue weighted by Crippen LogP contribution is -2.51. The maximum atomic E-state index is 11.6. The van der Waals surface area contributed by atoms with E-state index in [-0.39, 0.29) is 23.5 Å². The third-order valence-electron chi connectivity index (χ3n) is 1.76. The minimum absolute atomic E-state index is 0.0196. The molecule has 0 rings (SSSR count). The predicted molar refractivity (Wildman–Crippen MR) is 60.2 cm³/mol. The molecule has 0 aromatic rings. The van der Waals surface area contributed by atoms with Crippen LogP contribution < -0.4 is 10.6 Å². The highest BCUT2D eigenvalue weighted by atomic mass is 16.2. The highest BCUT2D eigenvalue weighted by molar-refractivity contribution is 5.81. The first-order valence-corrected chi connectivity index (χ1v) is 4.97. The molecule has 0 heterocycles. The maximum absolute atomic E-state index is 11.6. The van der Waals surface area contributed by atoms with E-state index in [4.69, 9.17) is 0 Å². The fourth-order valence-electron chi connectivity index (χ4n) is 1.02. The van der Waals surface area contributed by atoms with Crippen molar-refractivity contribution in [2.24, 2.45) is 0 Å². The number of nitrogens with one attached hydrogen (secondary N) is 2. The molecule has 0 aromatic carbocycles. The zero-order chi connectivity index (χ0) is 11.4. The van der Waals surface area contributed by atoms with Crippen molar-refractivity contribution in [3.63, 3.8) is 0 Å². The summed E-state index contributed by atoms with van der Waals surface area (Å²) in [5, 5.41) is 6.03. The summed E-state index contributed by atoms with van der Waals surface area (Å²) in [5.41, 5.74) is -0.176. The first-order valence-electron chi connectivity index (χ1n) is 4.97. The van der Waals surface area contributed by atoms with E-state index in [1.165, 1.54) is 0 Å². The maximum Gasteiger partial charge on any atom is 0.237 e. The average molecular weight is 198 g/mol. The van der Waals surface area contributed by atoms with Crippen molar-refractivity contribution in [1.82, 2.24) is 10.6 Å². The van der Waals surface area contributed by atoms with Crippen LogP contribution in [0.5, 0.6) is 0 Å². The zero-order valence-electron chi connectivity index (χ0n) is 9.85. The molecule has 14 heavy (non-hydrogen) atoms. The van der Waals surface area contributed by atoms with E-state index in [1.807, 2.05) is 34.6 Å². The fourth-order valence-corrected chi connectivity index (χ4v) is 1.02. The Morgan fingerprint density at radius 2 is 1.86 bits per heavy atom. The number of amides is 1. The first-order chi connectivity index (χ1) is 6.26. The van der Waals surface area contributed by atoms with Crippen molar-refractivity contribution in [2.75, 3.05) is 0 Å². The van der Waals surface area contributed by atoms with E-state index in [0.717, 1.165) is 0 Å². The van der Waals surface area contributed by atoms with Crippen LogP contribution in [-0.2, 0) is 4.79 Å². The molecule has 0 radical (unpaired) electrons. The zero-order valence-corrected chi connectivity index (χ0v) is 9.85. The van der Waals surface area contributed by atoms with Crippen molar-refractivity contribution in [3.05, 3.63) is 12.7 Å². The summed E-state index contributed by atoms with van der Waals surface area (Å²) < 4.78 is 0. The SMILES string of the molecule is C=CC(C)NC(C)C(=O)NC(C)(C)C. The summed E-state index contributed by atoms with van der Waals surface area (Å²) in [7, 11) is 0. The lowest BCUT2D eigenvalue weighted by molar-refractivity contribution is -0.124. The topological polar surface area (TPSA) is 41.1 Å². The van der Waals surface area contributed by atoms with Crippen molar-refractivity contribution in [1.29, 1.82) is 0 Å². The first kappa shape index (κ1) is 13.2. The van der Waals surface area contributed by atoms with Gasteiger partial charge in [-0.1, -0.05) is 6.08 Å². The summed E-state index contributed by atoms with van der Waals surface area (Å²) in [6.45, 7) is 13.4. The van der Waals surface area contributed by atoms with Gasteiger partial charge in [0.25, 0.3) is 0 Å². The highest BCUT2D eigenvalue weighted by Crippen LogP contribution is 1.99. The molecule has 0 aliphatic rings. The number of rotatable bonds is 4. The van der Waals surface area contributed by atoms with E-state index in [2.05, 4.69) is 17.2 Å². The van der Waals surface area contributed by atoms with E-state index >= 15 is 0 Å². The monoisotopic (exact) mass is 198 g/mol. The Kier molecular flexibility index (Phi) is 4.85. The van der Waals surface area contributed by atoms with Gasteiger partial charge in [-0.3, -0.25) is 4.79 Å². The Bertz CT molecular complexity index is 206. The van der Waals surface area contributed by atoms with Gasteiger partial charge >= 0.3 is 0 Å². The minimum Gasteiger partial charge on any atom is -0.350 e. The molecule has 2 N–H and O–H groups in total. The minimum atomic E-state index is -0.192. The second kappa shape index (κ2) is 5.15. The molecule has 0 spiro atoms. The predicted octanol–water partition coefficient (Wildman–Crippen LogP) is 1.45. The molecule has 3 nitrogen and oxygen atoms in total. The Balaban J connectivity index is 4.06.